The maximum Gasteiger partial charge on any atom is 0.471 e. The summed E-state index contributed by atoms with van der Waals surface area (Å²) < 4.78 is 40.2. The summed E-state index contributed by atoms with van der Waals surface area (Å²) in [6, 6.07) is 15.6. The van der Waals surface area contributed by atoms with Crippen molar-refractivity contribution < 1.29 is 27.6 Å². The molecule has 0 atom stereocenters. The number of aromatic nitrogens is 1. The largest absolute Gasteiger partial charge is 0.471 e. The van der Waals surface area contributed by atoms with Crippen LogP contribution in [0.2, 0.25) is 0 Å². The molecule has 3 amide bonds. The number of aryl methyl sites for hydroxylation is 1. The van der Waals surface area contributed by atoms with Crippen molar-refractivity contribution >= 4 is 40.1 Å². The van der Waals surface area contributed by atoms with Gasteiger partial charge in [0.2, 0.25) is 11.8 Å². The zero-order valence-corrected chi connectivity index (χ0v) is 25.6. The summed E-state index contributed by atoms with van der Waals surface area (Å²) in [7, 11) is 2.11. The summed E-state index contributed by atoms with van der Waals surface area (Å²) in [6.07, 6.45) is -4.57. The first-order chi connectivity index (χ1) is 21.5. The van der Waals surface area contributed by atoms with Crippen LogP contribution in [0, 0.1) is 6.92 Å². The minimum absolute atomic E-state index is 0.0196. The molecule has 2 saturated heterocycles. The molecule has 45 heavy (non-hydrogen) atoms. The third-order valence-corrected chi connectivity index (χ3v) is 8.64. The Morgan fingerprint density at radius 3 is 2.29 bits per heavy atom. The van der Waals surface area contributed by atoms with Crippen molar-refractivity contribution in [1.29, 1.82) is 0 Å². The second kappa shape index (κ2) is 13.8. The van der Waals surface area contributed by atoms with Gasteiger partial charge in [-0.25, -0.2) is 4.98 Å². The molecule has 5 rings (SSSR count). The van der Waals surface area contributed by atoms with E-state index in [1.807, 2.05) is 19.1 Å². The fourth-order valence-electron chi connectivity index (χ4n) is 5.99. The van der Waals surface area contributed by atoms with Crippen LogP contribution in [0.3, 0.4) is 0 Å². The number of nitrogens with zero attached hydrogens (tertiary/aromatic N) is 5. The van der Waals surface area contributed by atoms with Gasteiger partial charge in [-0.2, -0.15) is 13.2 Å². The van der Waals surface area contributed by atoms with Gasteiger partial charge in [0.1, 0.15) is 5.82 Å². The number of rotatable bonds is 8. The topological polar surface area (TPSA) is 89.1 Å². The number of carbonyl (C=O) groups excluding carboxylic acids is 3. The van der Waals surface area contributed by atoms with Gasteiger partial charge in [-0.3, -0.25) is 14.4 Å². The molecule has 12 heteroatoms. The van der Waals surface area contributed by atoms with Gasteiger partial charge in [-0.15, -0.1) is 0 Å². The van der Waals surface area contributed by atoms with E-state index in [1.165, 1.54) is 0 Å². The molecule has 0 saturated carbocycles. The summed E-state index contributed by atoms with van der Waals surface area (Å²) >= 11 is 0. The number of pyridine rings is 1. The number of fused-ring (bicyclic) bond motifs is 1. The number of halogens is 3. The number of benzene rings is 2. The highest BCUT2D eigenvalue weighted by molar-refractivity contribution is 5.96. The number of piperidine rings is 1. The molecular formula is C33H39F3N6O3. The molecule has 0 radical (unpaired) electrons. The maximum atomic E-state index is 13.4. The average Bonchev–Trinajstić information content (AvgIpc) is 3.03. The first-order valence-electron chi connectivity index (χ1n) is 15.3. The monoisotopic (exact) mass is 624 g/mol. The van der Waals surface area contributed by atoms with Gasteiger partial charge in [-0.05, 0) is 62.2 Å². The van der Waals surface area contributed by atoms with Crippen LogP contribution in [0.25, 0.3) is 10.9 Å². The standard InChI is InChI=1S/C33H39F3N6O3/c1-23-20-29(40-18-16-39(2)17-19-40)38-28-9-8-25(21-27(23)28)37-30(43)10-11-31(44)41-14-12-26(13-15-41)42(32(45)33(34,35)36)22-24-6-4-3-5-7-24/h3-9,20-21,26H,10-19,22H2,1-2H3,(H,37,43). The number of anilines is 2. The van der Waals surface area contributed by atoms with Crippen molar-refractivity contribution in [2.45, 2.75) is 51.4 Å². The number of hydrogen-bond acceptors (Lipinski definition) is 6. The lowest BCUT2D eigenvalue weighted by atomic mass is 10.0. The number of carbonyl (C=O) groups is 3. The molecule has 0 bridgehead atoms. The van der Waals surface area contributed by atoms with Crippen molar-refractivity contribution in [3.63, 3.8) is 0 Å². The first kappa shape index (κ1) is 32.2. The van der Waals surface area contributed by atoms with E-state index in [9.17, 15) is 27.6 Å². The van der Waals surface area contributed by atoms with E-state index in [0.29, 0.717) is 11.3 Å². The van der Waals surface area contributed by atoms with Gasteiger partial charge in [0.15, 0.2) is 0 Å². The molecule has 3 aromatic rings. The van der Waals surface area contributed by atoms with Gasteiger partial charge >= 0.3 is 12.1 Å². The Balaban J connectivity index is 1.12. The molecule has 1 N–H and O–H groups in total. The summed E-state index contributed by atoms with van der Waals surface area (Å²) in [5, 5.41) is 3.81. The first-order valence-corrected chi connectivity index (χ1v) is 15.3. The zero-order chi connectivity index (χ0) is 32.1. The Bertz CT molecular complexity index is 1520. The lowest BCUT2D eigenvalue weighted by Crippen LogP contribution is -2.51. The molecule has 2 fully saturated rings. The second-order valence-corrected chi connectivity index (χ2v) is 11.9. The third kappa shape index (κ3) is 8.10. The number of alkyl halides is 3. The van der Waals surface area contributed by atoms with E-state index in [-0.39, 0.29) is 57.1 Å². The lowest BCUT2D eigenvalue weighted by Gasteiger charge is -2.39. The molecule has 3 heterocycles. The predicted molar refractivity (Wildman–Crippen MR) is 167 cm³/mol. The van der Waals surface area contributed by atoms with E-state index in [2.05, 4.69) is 28.2 Å². The number of likely N-dealkylation sites (N-methyl/N-ethyl adjacent to an activating group) is 1. The molecule has 0 unspecified atom stereocenters. The van der Waals surface area contributed by atoms with Crippen molar-refractivity contribution in [3.8, 4) is 0 Å². The van der Waals surface area contributed by atoms with Crippen LogP contribution < -0.4 is 10.2 Å². The second-order valence-electron chi connectivity index (χ2n) is 11.9. The Morgan fingerprint density at radius 1 is 0.933 bits per heavy atom. The highest BCUT2D eigenvalue weighted by atomic mass is 19.4. The van der Waals surface area contributed by atoms with E-state index < -0.39 is 18.1 Å². The molecule has 0 aliphatic carbocycles. The third-order valence-electron chi connectivity index (χ3n) is 8.64. The van der Waals surface area contributed by atoms with Crippen molar-refractivity contribution in [3.05, 3.63) is 65.7 Å². The van der Waals surface area contributed by atoms with Crippen LogP contribution in [-0.2, 0) is 20.9 Å². The zero-order valence-electron chi connectivity index (χ0n) is 25.6. The quantitative estimate of drug-likeness (QED) is 0.395. The van der Waals surface area contributed by atoms with E-state index in [4.69, 9.17) is 4.98 Å². The lowest BCUT2D eigenvalue weighted by molar-refractivity contribution is -0.189. The SMILES string of the molecule is Cc1cc(N2CCN(C)CC2)nc2ccc(NC(=O)CCC(=O)N3CCC(N(Cc4ccccc4)C(=O)C(F)(F)F)CC3)cc12. The van der Waals surface area contributed by atoms with Crippen LogP contribution >= 0.6 is 0 Å². The minimum Gasteiger partial charge on any atom is -0.354 e. The van der Waals surface area contributed by atoms with Gasteiger partial charge in [-0.1, -0.05) is 30.3 Å². The molecule has 0 spiro atoms. The fraction of sp³-hybridized carbons (Fsp3) is 0.455. The average molecular weight is 625 g/mol. The van der Waals surface area contributed by atoms with Gasteiger partial charge in [0, 0.05) is 75.8 Å². The number of hydrogen-bond donors (Lipinski definition) is 1. The molecule has 240 valence electrons. The van der Waals surface area contributed by atoms with Crippen LogP contribution in [0.4, 0.5) is 24.7 Å². The molecule has 2 aliphatic rings. The molecule has 2 aliphatic heterocycles. The van der Waals surface area contributed by atoms with Crippen LogP contribution in [0.1, 0.15) is 36.8 Å². The van der Waals surface area contributed by atoms with Crippen molar-refractivity contribution in [2.75, 3.05) is 56.5 Å². The Hall–Kier alpha value is -4.19. The molecule has 2 aromatic carbocycles. The summed E-state index contributed by atoms with van der Waals surface area (Å²) in [4.78, 5) is 49.7. The number of piperazine rings is 1. The number of nitrogens with one attached hydrogen (secondary N) is 1. The predicted octanol–water partition coefficient (Wildman–Crippen LogP) is 4.60. The van der Waals surface area contributed by atoms with Gasteiger partial charge in [0.25, 0.3) is 0 Å². The van der Waals surface area contributed by atoms with Gasteiger partial charge < -0.3 is 24.9 Å². The molecular weight excluding hydrogens is 585 g/mol. The van der Waals surface area contributed by atoms with E-state index in [0.717, 1.165) is 53.4 Å². The smallest absolute Gasteiger partial charge is 0.354 e. The van der Waals surface area contributed by atoms with Crippen LogP contribution in [0.15, 0.2) is 54.6 Å². The normalized spacial score (nSPS) is 16.6. The van der Waals surface area contributed by atoms with E-state index in [1.54, 1.807) is 41.3 Å². The molecule has 9 nitrogen and oxygen atoms in total. The molecule has 1 aromatic heterocycles. The Morgan fingerprint density at radius 2 is 1.62 bits per heavy atom. The summed E-state index contributed by atoms with van der Waals surface area (Å²) in [5.41, 5.74) is 3.13. The summed E-state index contributed by atoms with van der Waals surface area (Å²) in [6.45, 7) is 6.12. The Labute approximate surface area is 261 Å². The fourth-order valence-corrected chi connectivity index (χ4v) is 5.99. The highest BCUT2D eigenvalue weighted by Crippen LogP contribution is 2.28. The Kier molecular flexibility index (Phi) is 9.91. The number of likely N-dealkylation sites (tertiary alicyclic amines) is 1. The van der Waals surface area contributed by atoms with Crippen LogP contribution in [0.5, 0.6) is 0 Å². The van der Waals surface area contributed by atoms with Crippen LogP contribution in [-0.4, -0.2) is 95.9 Å². The van der Waals surface area contributed by atoms with Gasteiger partial charge in [0.05, 0.1) is 5.52 Å². The highest BCUT2D eigenvalue weighted by Gasteiger charge is 2.45. The van der Waals surface area contributed by atoms with Crippen molar-refractivity contribution in [1.82, 2.24) is 19.7 Å². The number of amides is 3. The minimum atomic E-state index is -4.98. The summed E-state index contributed by atoms with van der Waals surface area (Å²) in [5.74, 6) is -1.47. The van der Waals surface area contributed by atoms with E-state index >= 15 is 0 Å². The maximum absolute atomic E-state index is 13.4. The van der Waals surface area contributed by atoms with Crippen molar-refractivity contribution in [2.24, 2.45) is 0 Å².